The number of allylic oxidation sites excluding steroid dienone is 2. The number of fused-ring (bicyclic) bond motifs is 1. The highest BCUT2D eigenvalue weighted by atomic mass is 35.5. The number of pyridine rings is 1. The molecule has 3 rings (SSSR count). The number of hydrogen-bond acceptors (Lipinski definition) is 10. The molecule has 12 nitrogen and oxygen atoms in total. The topological polar surface area (TPSA) is 197 Å². The number of carboxylic acid groups (broad SMARTS) is 1. The van der Waals surface area contributed by atoms with Crippen LogP contribution in [0.3, 0.4) is 0 Å². The number of amides is 2. The zero-order valence-electron chi connectivity index (χ0n) is 20.7. The number of nitrogens with zero attached hydrogens (tertiary/aromatic N) is 4. The van der Waals surface area contributed by atoms with Crippen molar-refractivity contribution < 1.29 is 24.7 Å². The molecular formula is C23H28ClN7O5S2. The van der Waals surface area contributed by atoms with Gasteiger partial charge >= 0.3 is 5.97 Å². The molecule has 0 aromatic carbocycles. The molecule has 38 heavy (non-hydrogen) atoms. The van der Waals surface area contributed by atoms with Crippen LogP contribution in [0.25, 0.3) is 0 Å². The number of nitrogens with one attached hydrogen (secondary N) is 1. The number of oxime groups is 1. The summed E-state index contributed by atoms with van der Waals surface area (Å²) in [5, 5.41) is 25.0. The Morgan fingerprint density at radius 1 is 1.37 bits per heavy atom. The van der Waals surface area contributed by atoms with Gasteiger partial charge in [0.1, 0.15) is 17.4 Å². The number of nitrogens with two attached hydrogens (primary N) is 2. The van der Waals surface area contributed by atoms with Crippen molar-refractivity contribution in [2.75, 3.05) is 12.3 Å². The van der Waals surface area contributed by atoms with E-state index < -0.39 is 35.6 Å². The highest BCUT2D eigenvalue weighted by Crippen LogP contribution is 2.44. The van der Waals surface area contributed by atoms with E-state index >= 15 is 0 Å². The van der Waals surface area contributed by atoms with Crippen molar-refractivity contribution in [3.63, 3.8) is 0 Å². The molecule has 1 saturated heterocycles. The van der Waals surface area contributed by atoms with Crippen molar-refractivity contribution in [1.29, 1.82) is 0 Å². The highest BCUT2D eigenvalue weighted by Gasteiger charge is 2.54. The molecule has 15 heteroatoms. The van der Waals surface area contributed by atoms with Gasteiger partial charge in [-0.2, -0.15) is 11.8 Å². The molecule has 7 N–H and O–H groups in total. The van der Waals surface area contributed by atoms with Gasteiger partial charge in [0.2, 0.25) is 0 Å². The summed E-state index contributed by atoms with van der Waals surface area (Å²) in [6.45, 7) is 3.44. The average molecular weight is 582 g/mol. The third-order valence-corrected chi connectivity index (χ3v) is 8.03. The second kappa shape index (κ2) is 13.1. The molecule has 1 aromatic rings. The lowest BCUT2D eigenvalue weighted by Gasteiger charge is -2.50. The summed E-state index contributed by atoms with van der Waals surface area (Å²) in [6, 6.07) is 2.04. The van der Waals surface area contributed by atoms with Crippen LogP contribution in [-0.2, 0) is 20.1 Å². The lowest BCUT2D eigenvalue weighted by atomic mass is 9.86. The van der Waals surface area contributed by atoms with E-state index in [1.54, 1.807) is 24.0 Å². The maximum absolute atomic E-state index is 13.1. The van der Waals surface area contributed by atoms with Crippen LogP contribution in [0.15, 0.2) is 54.7 Å². The standard InChI is InChI=1S/C23H28ClN7O5S2/c1-11(24)17(28-12(2)26)19(30-36)21(32)29-18-14-5-6-16(20(23(34)35)31(14)22(18)33)38-15-4-3-8-27-13(15)10-37-9-7-25/h3-4,8,14,18,36H,5-7,9-10,25H2,1-2H3,(H2,26,28)(H,29,32)(H,34,35)/b17-11+,30-19-/t14?,18-/m0/s1. The highest BCUT2D eigenvalue weighted by molar-refractivity contribution is 8.03. The Morgan fingerprint density at radius 2 is 2.11 bits per heavy atom. The quantitative estimate of drug-likeness (QED) is 0.0641. The number of β-lactam (4-membered cyclic amide) rings is 1. The number of thioether (sulfide) groups is 2. The molecule has 204 valence electrons. The summed E-state index contributed by atoms with van der Waals surface area (Å²) in [4.78, 5) is 49.1. The Bertz CT molecular complexity index is 1240. The van der Waals surface area contributed by atoms with Crippen molar-refractivity contribution in [2.24, 2.45) is 21.6 Å². The Balaban J connectivity index is 1.82. The number of hydrogen-bond donors (Lipinski definition) is 5. The first-order chi connectivity index (χ1) is 18.1. The van der Waals surface area contributed by atoms with Gasteiger partial charge in [-0.25, -0.2) is 9.79 Å². The van der Waals surface area contributed by atoms with Crippen LogP contribution in [0.5, 0.6) is 0 Å². The number of aliphatic carboxylic acids is 1. The number of halogens is 1. The molecule has 1 aromatic heterocycles. The SMILES string of the molecule is CC(N)=NC(/C(=N/O)C(=O)N[C@@H]1C(=O)N2C(C(=O)O)=C(Sc3cccnc3CSCCN)CCC12)=C(\C)Cl. The summed E-state index contributed by atoms with van der Waals surface area (Å²) >= 11 is 8.90. The van der Waals surface area contributed by atoms with Gasteiger partial charge in [0, 0.05) is 39.1 Å². The Hall–Kier alpha value is -3.07. The van der Waals surface area contributed by atoms with E-state index in [4.69, 9.17) is 23.1 Å². The third-order valence-electron chi connectivity index (χ3n) is 5.62. The molecule has 2 aliphatic rings. The Labute approximate surface area is 232 Å². The van der Waals surface area contributed by atoms with Crippen LogP contribution >= 0.6 is 35.1 Å². The molecule has 0 bridgehead atoms. The van der Waals surface area contributed by atoms with Crippen molar-refractivity contribution in [3.8, 4) is 0 Å². The molecule has 2 amide bonds. The van der Waals surface area contributed by atoms with Gasteiger partial charge in [-0.3, -0.25) is 19.5 Å². The minimum Gasteiger partial charge on any atom is -0.477 e. The minimum atomic E-state index is -1.24. The largest absolute Gasteiger partial charge is 0.477 e. The summed E-state index contributed by atoms with van der Waals surface area (Å²) in [7, 11) is 0. The minimum absolute atomic E-state index is 0.0472. The lowest BCUT2D eigenvalue weighted by Crippen LogP contribution is -2.72. The number of carbonyl (C=O) groups excluding carboxylic acids is 2. The summed E-state index contributed by atoms with van der Waals surface area (Å²) < 4.78 is 0. The van der Waals surface area contributed by atoms with Crippen molar-refractivity contribution in [3.05, 3.63) is 45.4 Å². The fourth-order valence-corrected chi connectivity index (χ4v) is 6.13. The fourth-order valence-electron chi connectivity index (χ4n) is 4.02. The van der Waals surface area contributed by atoms with Gasteiger partial charge < -0.3 is 27.1 Å². The van der Waals surface area contributed by atoms with Gasteiger partial charge in [-0.05, 0) is 38.8 Å². The zero-order chi connectivity index (χ0) is 28.0. The van der Waals surface area contributed by atoms with Crippen molar-refractivity contribution in [1.82, 2.24) is 15.2 Å². The van der Waals surface area contributed by atoms with E-state index in [2.05, 4.69) is 20.4 Å². The molecule has 1 fully saturated rings. The van der Waals surface area contributed by atoms with Gasteiger partial charge in [0.25, 0.3) is 11.8 Å². The van der Waals surface area contributed by atoms with Crippen molar-refractivity contribution >= 4 is 64.5 Å². The molecule has 1 unspecified atom stereocenters. The van der Waals surface area contributed by atoms with Crippen LogP contribution in [0.2, 0.25) is 0 Å². The molecule has 0 aliphatic carbocycles. The lowest BCUT2D eigenvalue weighted by molar-refractivity contribution is -0.155. The number of rotatable bonds is 11. The van der Waals surface area contributed by atoms with Gasteiger partial charge in [0.15, 0.2) is 5.71 Å². The van der Waals surface area contributed by atoms with E-state index in [1.165, 1.54) is 30.5 Å². The van der Waals surface area contributed by atoms with E-state index in [1.807, 2.05) is 6.07 Å². The van der Waals surface area contributed by atoms with Crippen molar-refractivity contribution in [2.45, 2.75) is 49.4 Å². The summed E-state index contributed by atoms with van der Waals surface area (Å²) in [5.74, 6) is -1.27. The van der Waals surface area contributed by atoms with Crippen LogP contribution < -0.4 is 16.8 Å². The normalized spacial score (nSPS) is 20.5. The molecule has 2 atom stereocenters. The van der Waals surface area contributed by atoms with Gasteiger partial charge in [0.05, 0.1) is 17.6 Å². The number of amidine groups is 1. The van der Waals surface area contributed by atoms with Crippen LogP contribution in [0, 0.1) is 0 Å². The first-order valence-corrected chi connectivity index (χ1v) is 13.8. The third kappa shape index (κ3) is 6.49. The monoisotopic (exact) mass is 581 g/mol. The second-order valence-electron chi connectivity index (χ2n) is 8.32. The fraction of sp³-hybridized carbons (Fsp3) is 0.391. The molecule has 0 saturated carbocycles. The number of aromatic nitrogens is 1. The van der Waals surface area contributed by atoms with E-state index in [0.717, 1.165) is 16.3 Å². The average Bonchev–Trinajstić information content (AvgIpc) is 2.87. The molecular weight excluding hydrogens is 554 g/mol. The van der Waals surface area contributed by atoms with Crippen LogP contribution in [-0.4, -0.2) is 73.9 Å². The summed E-state index contributed by atoms with van der Waals surface area (Å²) in [6.07, 6.45) is 2.46. The number of carboxylic acids is 1. The van der Waals surface area contributed by atoms with Crippen LogP contribution in [0.4, 0.5) is 0 Å². The van der Waals surface area contributed by atoms with E-state index in [9.17, 15) is 24.7 Å². The Morgan fingerprint density at radius 3 is 2.71 bits per heavy atom. The first-order valence-electron chi connectivity index (χ1n) is 11.5. The van der Waals surface area contributed by atoms with Crippen LogP contribution in [0.1, 0.15) is 32.4 Å². The Kier molecular flexibility index (Phi) is 10.2. The van der Waals surface area contributed by atoms with Gasteiger partial charge in [-0.15, -0.1) is 0 Å². The predicted octanol–water partition coefficient (Wildman–Crippen LogP) is 1.83. The summed E-state index contributed by atoms with van der Waals surface area (Å²) in [5.41, 5.74) is 11.2. The molecule has 3 heterocycles. The van der Waals surface area contributed by atoms with Gasteiger partial charge in [-0.1, -0.05) is 28.5 Å². The molecule has 0 spiro atoms. The maximum Gasteiger partial charge on any atom is 0.353 e. The number of aliphatic imine (C=N–C) groups is 1. The smallest absolute Gasteiger partial charge is 0.353 e. The van der Waals surface area contributed by atoms with E-state index in [-0.39, 0.29) is 22.3 Å². The van der Waals surface area contributed by atoms with E-state index in [0.29, 0.717) is 30.0 Å². The molecule has 0 radical (unpaired) electrons. The first kappa shape index (κ1) is 29.5. The second-order valence-corrected chi connectivity index (χ2v) is 11.1. The maximum atomic E-state index is 13.1. The zero-order valence-corrected chi connectivity index (χ0v) is 23.1. The number of carbonyl (C=O) groups is 3. The molecule has 2 aliphatic heterocycles. The predicted molar refractivity (Wildman–Crippen MR) is 147 cm³/mol.